The molecule has 1 fully saturated rings. The molecule has 2 heterocycles. The van der Waals surface area contributed by atoms with Crippen LogP contribution in [0.1, 0.15) is 17.4 Å². The molecule has 8 N–H and O–H groups in total. The molecule has 1 aromatic heterocycles. The molecule has 6 atom stereocenters. The van der Waals surface area contributed by atoms with E-state index >= 15 is 0 Å². The van der Waals surface area contributed by atoms with Crippen molar-refractivity contribution in [3.63, 3.8) is 0 Å². The van der Waals surface area contributed by atoms with E-state index in [9.17, 15) is 25.2 Å². The van der Waals surface area contributed by atoms with Crippen LogP contribution in [0.25, 0.3) is 10.9 Å². The number of carboxylic acid groups (broad SMARTS) is 1. The molecule has 0 bridgehead atoms. The number of aromatic amines is 1. The monoisotopic (exact) mass is 366 g/mol. The second-order valence-electron chi connectivity index (χ2n) is 6.46. The molecule has 0 aliphatic carbocycles. The third-order valence-corrected chi connectivity index (χ3v) is 4.76. The summed E-state index contributed by atoms with van der Waals surface area (Å²) in [5, 5.41) is 49.6. The number of para-hydroxylation sites is 1. The first-order valence-corrected chi connectivity index (χ1v) is 8.23. The molecular formula is C17H22N2O7. The van der Waals surface area contributed by atoms with Gasteiger partial charge in [-0.05, 0) is 11.6 Å². The van der Waals surface area contributed by atoms with Crippen molar-refractivity contribution in [2.24, 2.45) is 5.73 Å². The first-order valence-electron chi connectivity index (χ1n) is 8.23. The number of fused-ring (bicyclic) bond motifs is 1. The quantitative estimate of drug-likeness (QED) is 0.340. The van der Waals surface area contributed by atoms with Gasteiger partial charge in [0, 0.05) is 17.3 Å². The van der Waals surface area contributed by atoms with Gasteiger partial charge in [-0.3, -0.25) is 4.79 Å². The van der Waals surface area contributed by atoms with E-state index in [2.05, 4.69) is 4.98 Å². The van der Waals surface area contributed by atoms with Gasteiger partial charge in [-0.2, -0.15) is 0 Å². The Morgan fingerprint density at radius 3 is 2.54 bits per heavy atom. The highest BCUT2D eigenvalue weighted by atomic mass is 16.5. The van der Waals surface area contributed by atoms with Crippen molar-refractivity contribution < 1.29 is 35.1 Å². The van der Waals surface area contributed by atoms with Crippen molar-refractivity contribution in [2.45, 2.75) is 43.0 Å². The van der Waals surface area contributed by atoms with Crippen molar-refractivity contribution in [3.05, 3.63) is 35.5 Å². The molecule has 0 unspecified atom stereocenters. The smallest absolute Gasteiger partial charge is 0.320 e. The van der Waals surface area contributed by atoms with Crippen molar-refractivity contribution in [1.82, 2.24) is 4.98 Å². The summed E-state index contributed by atoms with van der Waals surface area (Å²) in [5.41, 5.74) is 7.28. The molecule has 9 nitrogen and oxygen atoms in total. The molecule has 1 aliphatic heterocycles. The fourth-order valence-corrected chi connectivity index (χ4v) is 3.33. The maximum absolute atomic E-state index is 11.2. The summed E-state index contributed by atoms with van der Waals surface area (Å²) in [5.74, 6) is -1.17. The van der Waals surface area contributed by atoms with Crippen LogP contribution in [0.2, 0.25) is 0 Å². The molecule has 1 aromatic carbocycles. The van der Waals surface area contributed by atoms with Gasteiger partial charge >= 0.3 is 5.97 Å². The maximum atomic E-state index is 11.2. The lowest BCUT2D eigenvalue weighted by Crippen LogP contribution is -2.55. The van der Waals surface area contributed by atoms with Crippen molar-refractivity contribution in [3.8, 4) is 0 Å². The van der Waals surface area contributed by atoms with Crippen LogP contribution >= 0.6 is 0 Å². The average Bonchev–Trinajstić information content (AvgIpc) is 2.98. The molecule has 0 saturated carbocycles. The van der Waals surface area contributed by atoms with Crippen LogP contribution in [0.15, 0.2) is 24.3 Å². The van der Waals surface area contributed by atoms with Gasteiger partial charge in [0.15, 0.2) is 0 Å². The number of aromatic nitrogens is 1. The van der Waals surface area contributed by atoms with E-state index in [4.69, 9.17) is 15.6 Å². The number of carbonyl (C=O) groups is 1. The van der Waals surface area contributed by atoms with E-state index in [1.807, 2.05) is 0 Å². The first kappa shape index (κ1) is 18.8. The van der Waals surface area contributed by atoms with Gasteiger partial charge in [0.25, 0.3) is 0 Å². The minimum Gasteiger partial charge on any atom is -0.480 e. The van der Waals surface area contributed by atoms with Crippen molar-refractivity contribution >= 4 is 16.9 Å². The van der Waals surface area contributed by atoms with Gasteiger partial charge in [0.1, 0.15) is 36.6 Å². The lowest BCUT2D eigenvalue weighted by molar-refractivity contribution is -0.232. The highest BCUT2D eigenvalue weighted by molar-refractivity contribution is 5.86. The highest BCUT2D eigenvalue weighted by Crippen LogP contribution is 2.36. The van der Waals surface area contributed by atoms with Gasteiger partial charge in [-0.15, -0.1) is 0 Å². The van der Waals surface area contributed by atoms with Gasteiger partial charge in [-0.25, -0.2) is 0 Å². The van der Waals surface area contributed by atoms with Crippen LogP contribution in [0, 0.1) is 0 Å². The van der Waals surface area contributed by atoms with Crippen LogP contribution in [0.4, 0.5) is 0 Å². The summed E-state index contributed by atoms with van der Waals surface area (Å²) in [6.45, 7) is -0.550. The van der Waals surface area contributed by atoms with Crippen molar-refractivity contribution in [2.75, 3.05) is 6.61 Å². The van der Waals surface area contributed by atoms with Gasteiger partial charge in [-0.1, -0.05) is 18.2 Å². The van der Waals surface area contributed by atoms with Crippen LogP contribution < -0.4 is 5.73 Å². The molecular weight excluding hydrogens is 344 g/mol. The number of rotatable bonds is 5. The number of carboxylic acids is 1. The number of benzene rings is 1. The Labute approximate surface area is 148 Å². The molecule has 1 saturated heterocycles. The number of aliphatic hydroxyl groups is 4. The van der Waals surface area contributed by atoms with Gasteiger partial charge in [0.2, 0.25) is 0 Å². The predicted molar refractivity (Wildman–Crippen MR) is 90.3 cm³/mol. The summed E-state index contributed by atoms with van der Waals surface area (Å²) in [7, 11) is 0. The molecule has 0 amide bonds. The first-order chi connectivity index (χ1) is 12.3. The van der Waals surface area contributed by atoms with E-state index < -0.39 is 49.1 Å². The largest absolute Gasteiger partial charge is 0.480 e. The lowest BCUT2D eigenvalue weighted by atomic mass is 9.90. The highest BCUT2D eigenvalue weighted by Gasteiger charge is 2.45. The molecule has 0 spiro atoms. The van der Waals surface area contributed by atoms with Gasteiger partial charge < -0.3 is 41.0 Å². The molecule has 2 aromatic rings. The molecule has 3 rings (SSSR count). The fourth-order valence-electron chi connectivity index (χ4n) is 3.33. The van der Waals surface area contributed by atoms with E-state index in [1.54, 1.807) is 24.3 Å². The van der Waals surface area contributed by atoms with Crippen LogP contribution in [0.5, 0.6) is 0 Å². The Kier molecular flexibility index (Phi) is 5.28. The Bertz CT molecular complexity index is 791. The van der Waals surface area contributed by atoms with E-state index in [0.29, 0.717) is 16.8 Å². The number of hydrogen-bond acceptors (Lipinski definition) is 7. The fraction of sp³-hybridized carbons (Fsp3) is 0.471. The number of nitrogens with one attached hydrogen (secondary N) is 1. The third-order valence-electron chi connectivity index (χ3n) is 4.76. The number of aliphatic hydroxyl groups excluding tert-OH is 4. The standard InChI is InChI=1S/C17H22N2O7/c18-9(17(24)25)5-8-7-3-1-2-4-10(7)19-12(8)16-15(23)14(22)13(21)11(6-20)26-16/h1-4,9,11,13-16,19-23H,5-6,18H2,(H,24,25)/t9-,11+,13+,14-,15-,16+/m1/s1. The Hall–Kier alpha value is -2.01. The lowest BCUT2D eigenvalue weighted by Gasteiger charge is -2.40. The summed E-state index contributed by atoms with van der Waals surface area (Å²) in [6.07, 6.45) is -6.65. The number of nitrogens with two attached hydrogens (primary N) is 1. The summed E-state index contributed by atoms with van der Waals surface area (Å²) < 4.78 is 5.60. The van der Waals surface area contributed by atoms with Crippen LogP contribution in [0.3, 0.4) is 0 Å². The third kappa shape index (κ3) is 3.20. The van der Waals surface area contributed by atoms with E-state index in [-0.39, 0.29) is 6.42 Å². The minimum atomic E-state index is -1.53. The number of H-pyrrole nitrogens is 1. The number of ether oxygens (including phenoxy) is 1. The second-order valence-corrected chi connectivity index (χ2v) is 6.46. The van der Waals surface area contributed by atoms with E-state index in [0.717, 1.165) is 5.39 Å². The summed E-state index contributed by atoms with van der Waals surface area (Å²) in [6, 6.07) is 5.96. The SMILES string of the molecule is N[C@H](Cc1c([C@@H]2O[C@@H](CO)[C@H](O)[C@@H](O)[C@H]2O)[nH]c2ccccc12)C(=O)O. The van der Waals surface area contributed by atoms with Crippen molar-refractivity contribution in [1.29, 1.82) is 0 Å². The zero-order chi connectivity index (χ0) is 19.0. The Morgan fingerprint density at radius 2 is 1.88 bits per heavy atom. The number of hydrogen-bond donors (Lipinski definition) is 7. The van der Waals surface area contributed by atoms with Crippen LogP contribution in [-0.4, -0.2) is 73.6 Å². The topological polar surface area (TPSA) is 169 Å². The van der Waals surface area contributed by atoms with E-state index in [1.165, 1.54) is 0 Å². The maximum Gasteiger partial charge on any atom is 0.320 e. The normalized spacial score (nSPS) is 30.4. The molecule has 1 aliphatic rings. The molecule has 26 heavy (non-hydrogen) atoms. The summed E-state index contributed by atoms with van der Waals surface area (Å²) >= 11 is 0. The second kappa shape index (κ2) is 7.31. The zero-order valence-corrected chi connectivity index (χ0v) is 13.8. The zero-order valence-electron chi connectivity index (χ0n) is 13.8. The van der Waals surface area contributed by atoms with Crippen LogP contribution in [-0.2, 0) is 16.0 Å². The average molecular weight is 366 g/mol. The molecule has 9 heteroatoms. The molecule has 142 valence electrons. The van der Waals surface area contributed by atoms with Gasteiger partial charge in [0.05, 0.1) is 12.3 Å². The number of aliphatic carboxylic acids is 1. The minimum absolute atomic E-state index is 0.0241. The Morgan fingerprint density at radius 1 is 1.19 bits per heavy atom. The Balaban J connectivity index is 2.07. The molecule has 0 radical (unpaired) electrons. The summed E-state index contributed by atoms with van der Waals surface area (Å²) in [4.78, 5) is 14.3. The predicted octanol–water partition coefficient (Wildman–Crippen LogP) is -1.36.